The number of nitriles is 1. The second-order valence-corrected chi connectivity index (χ2v) is 7.57. The molecule has 3 unspecified atom stereocenters. The van der Waals surface area contributed by atoms with Crippen LogP contribution in [0.1, 0.15) is 38.7 Å². The summed E-state index contributed by atoms with van der Waals surface area (Å²) in [6.07, 6.45) is 2.28. The minimum absolute atomic E-state index is 0.287. The van der Waals surface area contributed by atoms with E-state index in [2.05, 4.69) is 23.6 Å². The molecule has 5 nitrogen and oxygen atoms in total. The average Bonchev–Trinajstić information content (AvgIpc) is 2.60. The summed E-state index contributed by atoms with van der Waals surface area (Å²) in [6, 6.07) is 9.52. The number of hydrogen-bond donors (Lipinski definition) is 3. The van der Waals surface area contributed by atoms with Gasteiger partial charge in [-0.1, -0.05) is 13.8 Å². The number of nitrogens with zero attached hydrogens (tertiary/aromatic N) is 1. The van der Waals surface area contributed by atoms with Crippen molar-refractivity contribution in [2.75, 3.05) is 29.9 Å². The van der Waals surface area contributed by atoms with Gasteiger partial charge in [-0.25, -0.2) is 0 Å². The Balaban J connectivity index is 2.26. The molecule has 0 aliphatic heterocycles. The summed E-state index contributed by atoms with van der Waals surface area (Å²) in [7, 11) is -0.725. The van der Waals surface area contributed by atoms with Crippen LogP contribution in [0.4, 0.5) is 5.69 Å². The topological polar surface area (TPSA) is 85.2 Å². The van der Waals surface area contributed by atoms with Gasteiger partial charge in [0.15, 0.2) is 0 Å². The first-order valence-corrected chi connectivity index (χ1v) is 10.1. The lowest BCUT2D eigenvalue weighted by molar-refractivity contribution is 0.178. The van der Waals surface area contributed by atoms with Crippen molar-refractivity contribution in [3.8, 4) is 6.07 Å². The Morgan fingerprint density at radius 2 is 1.92 bits per heavy atom. The van der Waals surface area contributed by atoms with E-state index in [1.807, 2.05) is 19.1 Å². The average molecular weight is 352 g/mol. The van der Waals surface area contributed by atoms with Crippen LogP contribution < -0.4 is 10.6 Å². The first-order chi connectivity index (χ1) is 11.6. The van der Waals surface area contributed by atoms with Gasteiger partial charge < -0.3 is 15.7 Å². The molecular weight excluding hydrogens is 322 g/mol. The lowest BCUT2D eigenvalue weighted by atomic mass is 10.1. The summed E-state index contributed by atoms with van der Waals surface area (Å²) < 4.78 is 11.7. The van der Waals surface area contributed by atoms with Gasteiger partial charge in [-0.05, 0) is 43.5 Å². The Kier molecular flexibility index (Phi) is 10.3. The van der Waals surface area contributed by atoms with Crippen LogP contribution in [0.2, 0.25) is 0 Å². The van der Waals surface area contributed by atoms with Crippen LogP contribution in [-0.2, 0) is 10.8 Å². The van der Waals surface area contributed by atoms with Crippen molar-refractivity contribution < 1.29 is 9.32 Å². The van der Waals surface area contributed by atoms with E-state index < -0.39 is 16.9 Å². The van der Waals surface area contributed by atoms with E-state index in [9.17, 15) is 9.32 Å². The van der Waals surface area contributed by atoms with Crippen molar-refractivity contribution in [3.63, 3.8) is 0 Å². The van der Waals surface area contributed by atoms with Gasteiger partial charge in [0.05, 0.1) is 17.7 Å². The van der Waals surface area contributed by atoms with Gasteiger partial charge in [0.1, 0.15) is 0 Å². The molecule has 3 N–H and O–H groups in total. The highest BCUT2D eigenvalue weighted by Crippen LogP contribution is 2.08. The number of benzene rings is 1. The summed E-state index contributed by atoms with van der Waals surface area (Å²) in [5, 5.41) is 25.4. The highest BCUT2D eigenvalue weighted by atomic mass is 32.2. The number of aliphatic hydroxyl groups excluding tert-OH is 1. The summed E-state index contributed by atoms with van der Waals surface area (Å²) in [6.45, 7) is 5.09. The molecule has 3 atom stereocenters. The number of aliphatic hydroxyl groups is 1. The number of nitrogens with one attached hydrogen (secondary N) is 2. The molecule has 0 heterocycles. The van der Waals surface area contributed by atoms with Crippen LogP contribution >= 0.6 is 0 Å². The number of hydrogen-bond acceptors (Lipinski definition) is 5. The van der Waals surface area contributed by atoms with E-state index in [0.29, 0.717) is 18.7 Å². The maximum atomic E-state index is 11.7. The third kappa shape index (κ3) is 8.44. The fourth-order valence-corrected chi connectivity index (χ4v) is 3.53. The normalized spacial score (nSPS) is 14.6. The molecule has 0 spiro atoms. The largest absolute Gasteiger partial charge is 0.390 e. The highest BCUT2D eigenvalue weighted by Gasteiger charge is 2.11. The zero-order valence-corrected chi connectivity index (χ0v) is 15.4. The zero-order valence-electron chi connectivity index (χ0n) is 14.6. The Hall–Kier alpha value is -1.42. The van der Waals surface area contributed by atoms with Crippen molar-refractivity contribution >= 4 is 16.5 Å². The molecule has 0 saturated carbocycles. The molecule has 24 heavy (non-hydrogen) atoms. The van der Waals surface area contributed by atoms with Gasteiger partial charge in [0.25, 0.3) is 0 Å². The van der Waals surface area contributed by atoms with E-state index in [-0.39, 0.29) is 6.04 Å². The Morgan fingerprint density at radius 3 is 2.50 bits per heavy atom. The second-order valence-electron chi connectivity index (χ2n) is 5.87. The molecule has 1 aromatic rings. The van der Waals surface area contributed by atoms with E-state index >= 15 is 0 Å². The van der Waals surface area contributed by atoms with Gasteiger partial charge in [-0.2, -0.15) is 5.26 Å². The molecule has 0 saturated heterocycles. The van der Waals surface area contributed by atoms with Crippen LogP contribution in [0, 0.1) is 11.3 Å². The Morgan fingerprint density at radius 1 is 1.21 bits per heavy atom. The van der Waals surface area contributed by atoms with Crippen molar-refractivity contribution in [2.24, 2.45) is 0 Å². The molecule has 1 aromatic carbocycles. The second kappa shape index (κ2) is 12.0. The van der Waals surface area contributed by atoms with E-state index in [1.165, 1.54) is 0 Å². The van der Waals surface area contributed by atoms with Gasteiger partial charge in [-0.15, -0.1) is 0 Å². The van der Waals surface area contributed by atoms with Crippen molar-refractivity contribution in [3.05, 3.63) is 29.8 Å². The smallest absolute Gasteiger partial charge is 0.0991 e. The van der Waals surface area contributed by atoms with Crippen molar-refractivity contribution in [1.29, 1.82) is 5.26 Å². The maximum absolute atomic E-state index is 11.7. The third-order valence-corrected chi connectivity index (χ3v) is 5.37. The van der Waals surface area contributed by atoms with Crippen molar-refractivity contribution in [1.82, 2.24) is 5.32 Å². The molecule has 0 amide bonds. The fraction of sp³-hybridized carbons (Fsp3) is 0.611. The molecule has 6 heteroatoms. The van der Waals surface area contributed by atoms with Crippen LogP contribution in [-0.4, -0.2) is 46.1 Å². The van der Waals surface area contributed by atoms with E-state index in [4.69, 9.17) is 5.26 Å². The SMILES string of the molecule is CCCS(=O)CCC(CC)NCC(O)CNc1ccc(C#N)cc1. The Labute approximate surface area is 147 Å². The van der Waals surface area contributed by atoms with Crippen LogP contribution in [0.25, 0.3) is 0 Å². The minimum Gasteiger partial charge on any atom is -0.390 e. The van der Waals surface area contributed by atoms with Crippen LogP contribution in [0.5, 0.6) is 0 Å². The van der Waals surface area contributed by atoms with Gasteiger partial charge in [-0.3, -0.25) is 4.21 Å². The molecule has 0 aliphatic carbocycles. The molecule has 134 valence electrons. The van der Waals surface area contributed by atoms with Gasteiger partial charge >= 0.3 is 0 Å². The predicted octanol–water partition coefficient (Wildman–Crippen LogP) is 2.25. The molecule has 1 rings (SSSR count). The van der Waals surface area contributed by atoms with Crippen molar-refractivity contribution in [2.45, 2.75) is 45.3 Å². The first kappa shape index (κ1) is 20.6. The van der Waals surface area contributed by atoms with Gasteiger partial charge in [0, 0.05) is 47.1 Å². The lowest BCUT2D eigenvalue weighted by Crippen LogP contribution is -2.38. The number of anilines is 1. The molecule has 0 radical (unpaired) electrons. The molecule has 0 aliphatic rings. The predicted molar refractivity (Wildman–Crippen MR) is 101 cm³/mol. The summed E-state index contributed by atoms with van der Waals surface area (Å²) in [5.74, 6) is 1.49. The molecule has 0 aromatic heterocycles. The fourth-order valence-electron chi connectivity index (χ4n) is 2.33. The summed E-state index contributed by atoms with van der Waals surface area (Å²) >= 11 is 0. The van der Waals surface area contributed by atoms with E-state index in [0.717, 1.165) is 36.5 Å². The highest BCUT2D eigenvalue weighted by molar-refractivity contribution is 7.84. The van der Waals surface area contributed by atoms with Gasteiger partial charge in [0.2, 0.25) is 0 Å². The third-order valence-electron chi connectivity index (χ3n) is 3.82. The standard InChI is InChI=1S/C18H29N3O2S/c1-3-10-24(23)11-9-16(4-2)20-13-18(22)14-21-17-7-5-15(12-19)6-8-17/h5-8,16,18,20-22H,3-4,9-11,13-14H2,1-2H3. The number of rotatable bonds is 12. The Bertz CT molecular complexity index is 528. The minimum atomic E-state index is -0.725. The van der Waals surface area contributed by atoms with E-state index in [1.54, 1.807) is 12.1 Å². The quantitative estimate of drug-likeness (QED) is 0.538. The lowest BCUT2D eigenvalue weighted by Gasteiger charge is -2.20. The maximum Gasteiger partial charge on any atom is 0.0991 e. The zero-order chi connectivity index (χ0) is 17.8. The molecular formula is C18H29N3O2S. The monoisotopic (exact) mass is 351 g/mol. The van der Waals surface area contributed by atoms with Crippen LogP contribution in [0.3, 0.4) is 0 Å². The molecule has 0 bridgehead atoms. The molecule has 0 fully saturated rings. The summed E-state index contributed by atoms with van der Waals surface area (Å²) in [5.41, 5.74) is 1.50. The van der Waals surface area contributed by atoms with Crippen LogP contribution in [0.15, 0.2) is 24.3 Å². The summed E-state index contributed by atoms with van der Waals surface area (Å²) in [4.78, 5) is 0. The first-order valence-electron chi connectivity index (χ1n) is 8.59.